The fraction of sp³-hybridized carbons (Fsp3) is 0.154. The van der Waals surface area contributed by atoms with Gasteiger partial charge in [-0.25, -0.2) is 0 Å². The molecule has 1 atom stereocenters. The molecule has 4 aromatic rings. The van der Waals surface area contributed by atoms with Gasteiger partial charge in [0.25, 0.3) is 0 Å². The van der Waals surface area contributed by atoms with Crippen LogP contribution in [-0.4, -0.2) is 10.9 Å². The summed E-state index contributed by atoms with van der Waals surface area (Å²) in [5, 5.41) is 0. The largest absolute Gasteiger partial charge is 0.369 e. The maximum absolute atomic E-state index is 11.2. The topological polar surface area (TPSA) is 90.1 Å². The molecule has 3 aromatic carbocycles. The molecule has 5 nitrogen and oxygen atoms in total. The quantitative estimate of drug-likeness (QED) is 0.515. The Balaban J connectivity index is 0.000000199. The second-order valence-corrected chi connectivity index (χ2v) is 7.16. The van der Waals surface area contributed by atoms with Gasteiger partial charge in [0.15, 0.2) is 0 Å². The molecule has 31 heavy (non-hydrogen) atoms. The van der Waals surface area contributed by atoms with E-state index in [9.17, 15) is 14.4 Å². The zero-order chi connectivity index (χ0) is 22.8. The number of nitrogens with two attached hydrogens (primary N) is 1. The Kier molecular flexibility index (Phi) is 8.58. The van der Waals surface area contributed by atoms with Crippen LogP contribution in [0.2, 0.25) is 0 Å². The van der Waals surface area contributed by atoms with Gasteiger partial charge in [0.05, 0.1) is 5.92 Å². The lowest BCUT2D eigenvalue weighted by atomic mass is 9.96. The van der Waals surface area contributed by atoms with Crippen LogP contribution in [0.5, 0.6) is 0 Å². The zero-order valence-electron chi connectivity index (χ0n) is 17.9. The van der Waals surface area contributed by atoms with Gasteiger partial charge >= 0.3 is 0 Å². The molecule has 0 radical (unpaired) electrons. The van der Waals surface area contributed by atoms with Crippen LogP contribution in [0.4, 0.5) is 0 Å². The maximum Gasteiger partial charge on any atom is 0.228 e. The highest BCUT2D eigenvalue weighted by Gasteiger charge is 2.11. The summed E-state index contributed by atoms with van der Waals surface area (Å²) in [7, 11) is 0. The number of nitrogens with zero attached hydrogens (tertiary/aromatic N) is 1. The molecular weight excluding hydrogens is 388 g/mol. The van der Waals surface area contributed by atoms with E-state index in [1.807, 2.05) is 80.6 Å². The lowest BCUT2D eigenvalue weighted by molar-refractivity contribution is -0.119. The van der Waals surface area contributed by atoms with Crippen LogP contribution in [0.3, 0.4) is 0 Å². The van der Waals surface area contributed by atoms with E-state index in [1.54, 1.807) is 19.3 Å². The minimum Gasteiger partial charge on any atom is -0.369 e. The van der Waals surface area contributed by atoms with Crippen molar-refractivity contribution >= 4 is 5.91 Å². The molecule has 1 unspecified atom stereocenters. The number of amides is 1. The Morgan fingerprint density at radius 3 is 1.87 bits per heavy atom. The molecule has 1 amide bonds. The highest BCUT2D eigenvalue weighted by Crippen LogP contribution is 2.23. The predicted molar refractivity (Wildman–Crippen MR) is 125 cm³/mol. The number of pyridine rings is 1. The summed E-state index contributed by atoms with van der Waals surface area (Å²) in [6, 6.07) is 23.3. The van der Waals surface area contributed by atoms with E-state index < -0.39 is 0 Å². The van der Waals surface area contributed by atoms with E-state index in [4.69, 9.17) is 5.73 Å². The monoisotopic (exact) mass is 414 g/mol. The van der Waals surface area contributed by atoms with Gasteiger partial charge < -0.3 is 5.73 Å². The molecule has 2 N–H and O–H groups in total. The summed E-state index contributed by atoms with van der Waals surface area (Å²) < 4.78 is 0. The van der Waals surface area contributed by atoms with Gasteiger partial charge in [-0.3, -0.25) is 19.4 Å². The number of hydrogen-bond donors (Lipinski definition) is 1. The maximum atomic E-state index is 11.2. The average molecular weight is 415 g/mol. The fourth-order valence-corrected chi connectivity index (χ4v) is 2.65. The summed E-state index contributed by atoms with van der Waals surface area (Å²) in [5.41, 5.74) is 9.66. The molecule has 158 valence electrons. The van der Waals surface area contributed by atoms with E-state index in [0.717, 1.165) is 16.7 Å². The van der Waals surface area contributed by atoms with Gasteiger partial charge in [-0.1, -0.05) is 54.6 Å². The third-order valence-electron chi connectivity index (χ3n) is 4.70. The predicted octanol–water partition coefficient (Wildman–Crippen LogP) is 3.92. The molecule has 0 saturated carbocycles. The van der Waals surface area contributed by atoms with E-state index in [0.29, 0.717) is 5.56 Å². The summed E-state index contributed by atoms with van der Waals surface area (Å²) in [5.74, 6) is -0.547. The van der Waals surface area contributed by atoms with Gasteiger partial charge in [0.1, 0.15) is 0 Å². The van der Waals surface area contributed by atoms with E-state index >= 15 is 0 Å². The van der Waals surface area contributed by atoms with Crippen molar-refractivity contribution in [2.24, 2.45) is 5.73 Å². The normalized spacial score (nSPS) is 10.8. The van der Waals surface area contributed by atoms with Crippen molar-refractivity contribution in [2.45, 2.75) is 26.7 Å². The van der Waals surface area contributed by atoms with Crippen molar-refractivity contribution in [2.75, 3.05) is 0 Å². The first-order chi connectivity index (χ1) is 14.8. The molecule has 0 aliphatic carbocycles. The van der Waals surface area contributed by atoms with Crippen molar-refractivity contribution in [1.82, 2.24) is 4.98 Å². The Hall–Kier alpha value is -3.86. The molecule has 0 saturated heterocycles. The van der Waals surface area contributed by atoms with Crippen LogP contribution >= 0.6 is 0 Å². The SMILES string of the molecule is CC(C(N)=O)c1cccc(-c2ccccc2)c1.Cc1cc(=O)c1=O.Cc1ccncc1. The molecule has 5 heteroatoms. The minimum absolute atomic E-state index is 0.251. The number of primary amides is 1. The Bertz CT molecular complexity index is 1180. The Morgan fingerprint density at radius 2 is 1.45 bits per heavy atom. The summed E-state index contributed by atoms with van der Waals surface area (Å²) in [6.45, 7) is 5.50. The number of carbonyl (C=O) groups excluding carboxylic acids is 1. The fourth-order valence-electron chi connectivity index (χ4n) is 2.65. The van der Waals surface area contributed by atoms with Crippen molar-refractivity contribution in [3.63, 3.8) is 0 Å². The lowest BCUT2D eigenvalue weighted by Crippen LogP contribution is -2.31. The number of rotatable bonds is 3. The highest BCUT2D eigenvalue weighted by molar-refractivity contribution is 5.82. The van der Waals surface area contributed by atoms with Crippen LogP contribution in [-0.2, 0) is 4.79 Å². The minimum atomic E-state index is -0.363. The van der Waals surface area contributed by atoms with Crippen LogP contribution in [0.25, 0.3) is 11.1 Å². The number of aryl methyl sites for hydroxylation is 2. The van der Waals surface area contributed by atoms with Crippen LogP contribution in [0.1, 0.15) is 29.5 Å². The molecular formula is C26H26N2O3. The number of carbonyl (C=O) groups is 1. The van der Waals surface area contributed by atoms with Crippen molar-refractivity contribution in [3.8, 4) is 11.1 Å². The van der Waals surface area contributed by atoms with Gasteiger partial charge in [-0.05, 0) is 61.2 Å². The smallest absolute Gasteiger partial charge is 0.228 e. The van der Waals surface area contributed by atoms with E-state index in [1.165, 1.54) is 11.6 Å². The summed E-state index contributed by atoms with van der Waals surface area (Å²) >= 11 is 0. The standard InChI is InChI=1S/C15H15NO.C6H7N.C5H4O2/c1-11(15(16)17)13-8-5-9-14(10-13)12-6-3-2-4-7-12;1-6-2-4-7-5-3-6;1-3-2-4(6)5(3)7/h2-11H,1H3,(H2,16,17);2-5H,1H3;2H,1H3. The zero-order valence-corrected chi connectivity index (χ0v) is 17.9. The first-order valence-electron chi connectivity index (χ1n) is 9.88. The first kappa shape index (κ1) is 23.4. The van der Waals surface area contributed by atoms with Gasteiger partial charge in [0, 0.05) is 18.0 Å². The van der Waals surface area contributed by atoms with Gasteiger partial charge in [-0.2, -0.15) is 0 Å². The highest BCUT2D eigenvalue weighted by atomic mass is 16.2. The second kappa shape index (κ2) is 11.4. The van der Waals surface area contributed by atoms with E-state index in [-0.39, 0.29) is 22.7 Å². The number of aromatic nitrogens is 1. The molecule has 1 heterocycles. The van der Waals surface area contributed by atoms with Crippen molar-refractivity contribution in [1.29, 1.82) is 0 Å². The first-order valence-corrected chi connectivity index (χ1v) is 9.88. The molecule has 0 fully saturated rings. The van der Waals surface area contributed by atoms with Gasteiger partial charge in [-0.15, -0.1) is 0 Å². The summed E-state index contributed by atoms with van der Waals surface area (Å²) in [4.78, 5) is 35.2. The Labute approximate surface area is 181 Å². The van der Waals surface area contributed by atoms with Crippen LogP contribution in [0, 0.1) is 13.8 Å². The van der Waals surface area contributed by atoms with E-state index in [2.05, 4.69) is 4.98 Å². The van der Waals surface area contributed by atoms with Crippen LogP contribution < -0.4 is 16.6 Å². The second-order valence-electron chi connectivity index (χ2n) is 7.16. The molecule has 0 spiro atoms. The molecule has 1 aromatic heterocycles. The third kappa shape index (κ3) is 7.16. The van der Waals surface area contributed by atoms with Gasteiger partial charge in [0.2, 0.25) is 16.8 Å². The average Bonchev–Trinajstić information content (AvgIpc) is 2.80. The summed E-state index contributed by atoms with van der Waals surface area (Å²) in [6.07, 6.45) is 3.57. The lowest BCUT2D eigenvalue weighted by Gasteiger charge is -2.09. The van der Waals surface area contributed by atoms with Crippen molar-refractivity contribution < 1.29 is 4.79 Å². The van der Waals surface area contributed by atoms with Crippen molar-refractivity contribution in [3.05, 3.63) is 122 Å². The number of hydrogen-bond acceptors (Lipinski definition) is 4. The molecule has 0 aliphatic rings. The molecule has 4 rings (SSSR count). The Morgan fingerprint density at radius 1 is 0.839 bits per heavy atom. The number of benzene rings is 2. The molecule has 0 aliphatic heterocycles. The third-order valence-corrected chi connectivity index (χ3v) is 4.70. The molecule has 0 bridgehead atoms. The van der Waals surface area contributed by atoms with Crippen LogP contribution in [0.15, 0.2) is 94.8 Å².